The second-order valence-corrected chi connectivity index (χ2v) is 9.08. The number of hydrogen-bond donors (Lipinski definition) is 10. The van der Waals surface area contributed by atoms with E-state index in [2.05, 4.69) is 21.3 Å². The quantitative estimate of drug-likeness (QED) is 0.143. The van der Waals surface area contributed by atoms with E-state index >= 15 is 0 Å². The van der Waals surface area contributed by atoms with Crippen LogP contribution in [0.4, 0.5) is 0 Å². The van der Waals surface area contributed by atoms with Gasteiger partial charge in [0.15, 0.2) is 12.2 Å². The molecule has 0 saturated carbocycles. The van der Waals surface area contributed by atoms with Gasteiger partial charge in [0.2, 0.25) is 11.8 Å². The predicted molar refractivity (Wildman–Crippen MR) is 115 cm³/mol. The molecule has 3 aliphatic rings. The molecule has 3 fully saturated rings. The van der Waals surface area contributed by atoms with Gasteiger partial charge in [-0.25, -0.2) is 0 Å². The highest BCUT2D eigenvalue weighted by atomic mass is 16.5. The molecule has 0 aliphatic carbocycles. The molecule has 3 rings (SSSR count). The number of fused-ring (bicyclic) bond motifs is 4. The summed E-state index contributed by atoms with van der Waals surface area (Å²) in [6.45, 7) is 1.72. The lowest BCUT2D eigenvalue weighted by molar-refractivity contribution is -0.220. The minimum absolute atomic E-state index is 0.431. The first-order chi connectivity index (χ1) is 16.8. The fraction of sp³-hybridized carbons (Fsp3) is 0.800. The van der Waals surface area contributed by atoms with E-state index in [1.807, 2.05) is 0 Å². The fourth-order valence-corrected chi connectivity index (χ4v) is 4.10. The Kier molecular flexibility index (Phi) is 8.84. The van der Waals surface area contributed by atoms with Gasteiger partial charge in [-0.2, -0.15) is 0 Å². The third-order valence-corrected chi connectivity index (χ3v) is 6.40. The SMILES string of the molecule is C[C@@H]1NC(=O)[C@H]2O[C@@H](CNC(=O)[C@H](C)NC(=O)[C@H]3O[C@@H](CNC1=O)[C@H](O)[C@@H](O)[C@@H]3O)[C@H](O)[C@@H](O)[C@@H]2O. The van der Waals surface area contributed by atoms with Crippen LogP contribution < -0.4 is 21.3 Å². The van der Waals surface area contributed by atoms with Gasteiger partial charge in [-0.15, -0.1) is 0 Å². The van der Waals surface area contributed by atoms with Crippen molar-refractivity contribution in [1.82, 2.24) is 21.3 Å². The minimum atomic E-state index is -1.85. The predicted octanol–water partition coefficient (Wildman–Crippen LogP) is -7.06. The zero-order valence-corrected chi connectivity index (χ0v) is 19.5. The largest absolute Gasteiger partial charge is 0.388 e. The Morgan fingerprint density at radius 3 is 1.22 bits per heavy atom. The molecule has 0 spiro atoms. The van der Waals surface area contributed by atoms with Crippen molar-refractivity contribution < 1.29 is 59.3 Å². The maximum absolute atomic E-state index is 12.7. The molecule has 3 saturated heterocycles. The normalized spacial score (nSPS) is 45.3. The molecule has 0 aromatic carbocycles. The zero-order valence-electron chi connectivity index (χ0n) is 19.5. The molecule has 0 aromatic rings. The van der Waals surface area contributed by atoms with Crippen molar-refractivity contribution in [2.24, 2.45) is 0 Å². The Balaban J connectivity index is 1.85. The number of ether oxygens (including phenoxy) is 2. The number of nitrogens with one attached hydrogen (secondary N) is 4. The Hall–Kier alpha value is -2.44. The summed E-state index contributed by atoms with van der Waals surface area (Å²) in [7, 11) is 0. The van der Waals surface area contributed by atoms with Crippen LogP contribution in [-0.2, 0) is 28.7 Å². The molecule has 10 N–H and O–H groups in total. The van der Waals surface area contributed by atoms with Crippen LogP contribution in [-0.4, -0.2) is 140 Å². The first-order valence-corrected chi connectivity index (χ1v) is 11.4. The Morgan fingerprint density at radius 2 is 0.889 bits per heavy atom. The first kappa shape index (κ1) is 28.1. The fourth-order valence-electron chi connectivity index (χ4n) is 4.10. The maximum atomic E-state index is 12.7. The number of carbonyl (C=O) groups excluding carboxylic acids is 4. The van der Waals surface area contributed by atoms with E-state index in [4.69, 9.17) is 9.47 Å². The summed E-state index contributed by atoms with van der Waals surface area (Å²) < 4.78 is 10.8. The summed E-state index contributed by atoms with van der Waals surface area (Å²) in [5.74, 6) is -3.51. The monoisotopic (exact) mass is 520 g/mol. The standard InChI is InChI=1S/C20H32N4O12/c1-5-17(31)21-3-7-9(25)12(28)14(30)16(36-7)20(34)24-6(2)18(32)22-4-8-10(26)11(27)13(29)15(35-8)19(33)23-5/h5-16,25-30H,3-4H2,1-2H3,(H,21,31)(H,22,32)(H,23,33)(H,24,34)/t5-,6-,7-,8-,9-,10-,11+,12+,13-,14-,15-,16-/m0/s1. The number of amides is 4. The number of rotatable bonds is 0. The van der Waals surface area contributed by atoms with Crippen LogP contribution in [0.2, 0.25) is 0 Å². The van der Waals surface area contributed by atoms with Crippen molar-refractivity contribution in [2.45, 2.75) is 87.0 Å². The Morgan fingerprint density at radius 1 is 0.556 bits per heavy atom. The van der Waals surface area contributed by atoms with Gasteiger partial charge < -0.3 is 61.4 Å². The highest BCUT2D eigenvalue weighted by Gasteiger charge is 2.49. The van der Waals surface area contributed by atoms with Crippen LogP contribution in [0.1, 0.15) is 13.8 Å². The van der Waals surface area contributed by atoms with Crippen molar-refractivity contribution in [2.75, 3.05) is 13.1 Å². The van der Waals surface area contributed by atoms with Gasteiger partial charge in [0.25, 0.3) is 11.8 Å². The maximum Gasteiger partial charge on any atom is 0.252 e. The third-order valence-electron chi connectivity index (χ3n) is 6.40. The van der Waals surface area contributed by atoms with Crippen molar-refractivity contribution in [1.29, 1.82) is 0 Å². The van der Waals surface area contributed by atoms with Gasteiger partial charge in [-0.3, -0.25) is 19.2 Å². The van der Waals surface area contributed by atoms with Crippen molar-refractivity contribution in [3.63, 3.8) is 0 Å². The second kappa shape index (κ2) is 11.3. The lowest BCUT2D eigenvalue weighted by Gasteiger charge is -2.41. The molecule has 0 unspecified atom stereocenters. The Bertz CT molecular complexity index is 793. The summed E-state index contributed by atoms with van der Waals surface area (Å²) in [5.41, 5.74) is 0. The highest BCUT2D eigenvalue weighted by molar-refractivity contribution is 5.90. The molecule has 36 heavy (non-hydrogen) atoms. The van der Waals surface area contributed by atoms with Gasteiger partial charge in [-0.05, 0) is 13.8 Å². The van der Waals surface area contributed by atoms with Gasteiger partial charge in [0.1, 0.15) is 60.9 Å². The average molecular weight is 520 g/mol. The van der Waals surface area contributed by atoms with E-state index in [1.54, 1.807) is 0 Å². The summed E-state index contributed by atoms with van der Waals surface area (Å²) >= 11 is 0. The van der Waals surface area contributed by atoms with Gasteiger partial charge in [-0.1, -0.05) is 0 Å². The Labute approximate surface area is 204 Å². The summed E-state index contributed by atoms with van der Waals surface area (Å²) in [5, 5.41) is 70.5. The lowest BCUT2D eigenvalue weighted by atomic mass is 9.93. The smallest absolute Gasteiger partial charge is 0.252 e. The molecule has 204 valence electrons. The van der Waals surface area contributed by atoms with E-state index in [1.165, 1.54) is 13.8 Å². The van der Waals surface area contributed by atoms with Crippen LogP contribution >= 0.6 is 0 Å². The van der Waals surface area contributed by atoms with Crippen LogP contribution in [0, 0.1) is 0 Å². The van der Waals surface area contributed by atoms with Crippen LogP contribution in [0.15, 0.2) is 0 Å². The van der Waals surface area contributed by atoms with E-state index < -0.39 is 110 Å². The molecule has 16 heteroatoms. The van der Waals surface area contributed by atoms with Crippen LogP contribution in [0.3, 0.4) is 0 Å². The average Bonchev–Trinajstić information content (AvgIpc) is 2.83. The molecule has 16 nitrogen and oxygen atoms in total. The molecule has 3 aliphatic heterocycles. The number of aliphatic hydroxyl groups is 6. The summed E-state index contributed by atoms with van der Waals surface area (Å²) in [4.78, 5) is 50.3. The molecule has 0 aromatic heterocycles. The molecular weight excluding hydrogens is 488 g/mol. The summed E-state index contributed by atoms with van der Waals surface area (Å²) in [6, 6.07) is -2.43. The minimum Gasteiger partial charge on any atom is -0.388 e. The lowest BCUT2D eigenvalue weighted by Crippen LogP contribution is -2.66. The molecule has 4 bridgehead atoms. The third kappa shape index (κ3) is 5.76. The van der Waals surface area contributed by atoms with Crippen LogP contribution in [0.25, 0.3) is 0 Å². The van der Waals surface area contributed by atoms with E-state index in [-0.39, 0.29) is 0 Å². The van der Waals surface area contributed by atoms with Crippen molar-refractivity contribution in [3.05, 3.63) is 0 Å². The molecular formula is C20H32N4O12. The molecule has 3 heterocycles. The highest BCUT2D eigenvalue weighted by Crippen LogP contribution is 2.23. The topological polar surface area (TPSA) is 256 Å². The number of carbonyl (C=O) groups is 4. The van der Waals surface area contributed by atoms with Gasteiger partial charge >= 0.3 is 0 Å². The zero-order chi connectivity index (χ0) is 26.9. The van der Waals surface area contributed by atoms with Crippen LogP contribution in [0.5, 0.6) is 0 Å². The second-order valence-electron chi connectivity index (χ2n) is 9.08. The van der Waals surface area contributed by atoms with Gasteiger partial charge in [0, 0.05) is 13.1 Å². The van der Waals surface area contributed by atoms with Gasteiger partial charge in [0.05, 0.1) is 0 Å². The molecule has 0 radical (unpaired) electrons. The number of aliphatic hydroxyl groups excluding tert-OH is 6. The first-order valence-electron chi connectivity index (χ1n) is 11.4. The van der Waals surface area contributed by atoms with Crippen molar-refractivity contribution in [3.8, 4) is 0 Å². The van der Waals surface area contributed by atoms with E-state index in [0.717, 1.165) is 0 Å². The van der Waals surface area contributed by atoms with E-state index in [9.17, 15) is 49.8 Å². The van der Waals surface area contributed by atoms with Crippen molar-refractivity contribution >= 4 is 23.6 Å². The van der Waals surface area contributed by atoms with E-state index in [0.29, 0.717) is 0 Å². The summed E-state index contributed by atoms with van der Waals surface area (Å²) in [6.07, 6.45) is -16.8. The molecule has 12 atom stereocenters. The number of hydrogen-bond acceptors (Lipinski definition) is 12. The molecule has 4 amide bonds.